The van der Waals surface area contributed by atoms with Gasteiger partial charge in [0.05, 0.1) is 0 Å². The quantitative estimate of drug-likeness (QED) is 0.442. The second-order valence-corrected chi connectivity index (χ2v) is 1.23. The molecule has 0 aliphatic heterocycles. The molecule has 1 amide bonds. The van der Waals surface area contributed by atoms with Gasteiger partial charge < -0.3 is 15.6 Å². The Hall–Kier alpha value is -1.20. The summed E-state index contributed by atoms with van der Waals surface area (Å²) in [6, 6.07) is 0. The Labute approximate surface area is 48.3 Å². The van der Waals surface area contributed by atoms with E-state index in [0.29, 0.717) is 0 Å². The van der Waals surface area contributed by atoms with Crippen LogP contribution in [0.4, 0.5) is 8.78 Å². The van der Waals surface area contributed by atoms with Gasteiger partial charge in [0, 0.05) is 0 Å². The minimum absolute atomic E-state index is 2.22. The van der Waals surface area contributed by atoms with Gasteiger partial charge in [-0.3, -0.25) is 4.79 Å². The molecule has 0 saturated carbocycles. The van der Waals surface area contributed by atoms with Crippen molar-refractivity contribution < 1.29 is 23.5 Å². The summed E-state index contributed by atoms with van der Waals surface area (Å²) in [7, 11) is 0. The highest BCUT2D eigenvalue weighted by Gasteiger charge is 2.38. The van der Waals surface area contributed by atoms with E-state index in [2.05, 4.69) is 5.73 Å². The van der Waals surface area contributed by atoms with Gasteiger partial charge in [-0.2, -0.15) is 8.78 Å². The zero-order valence-corrected chi connectivity index (χ0v) is 4.06. The predicted octanol–water partition coefficient (Wildman–Crippen LogP) is -2.14. The maximum Gasteiger partial charge on any atom is 0.363 e. The van der Waals surface area contributed by atoms with Crippen molar-refractivity contribution >= 4 is 11.9 Å². The second-order valence-electron chi connectivity index (χ2n) is 1.23. The van der Waals surface area contributed by atoms with Crippen LogP contribution in [0.25, 0.3) is 0 Å². The van der Waals surface area contributed by atoms with Crippen LogP contribution in [0.1, 0.15) is 0 Å². The van der Waals surface area contributed by atoms with Crippen molar-refractivity contribution in [3.8, 4) is 0 Å². The lowest BCUT2D eigenvalue weighted by Crippen LogP contribution is -2.50. The Kier molecular flexibility index (Phi) is 1.70. The molecule has 6 heteroatoms. The Morgan fingerprint density at radius 3 is 1.78 bits per heavy atom. The van der Waals surface area contributed by atoms with E-state index in [1.807, 2.05) is 0 Å². The lowest BCUT2D eigenvalue weighted by Gasteiger charge is -2.11. The fourth-order valence-electron chi connectivity index (χ4n) is 0.101. The van der Waals surface area contributed by atoms with Crippen molar-refractivity contribution in [3.05, 3.63) is 0 Å². The number of aliphatic carboxylic acids is 1. The highest BCUT2D eigenvalue weighted by Crippen LogP contribution is 2.09. The third kappa shape index (κ3) is 1.34. The van der Waals surface area contributed by atoms with Crippen molar-refractivity contribution in [1.82, 2.24) is 0 Å². The largest absolute Gasteiger partial charge is 0.543 e. The summed E-state index contributed by atoms with van der Waals surface area (Å²) in [5, 5.41) is 9.30. The number of carboxylic acid groups (broad SMARTS) is 1. The van der Waals surface area contributed by atoms with Gasteiger partial charge in [-0.15, -0.1) is 0 Å². The number of amides is 1. The number of carbonyl (C=O) groups is 2. The number of hydrogen-bond donors (Lipinski definition) is 1. The van der Waals surface area contributed by atoms with Crippen molar-refractivity contribution in [1.29, 1.82) is 0 Å². The van der Waals surface area contributed by atoms with Crippen LogP contribution in [0.2, 0.25) is 0 Å². The van der Waals surface area contributed by atoms with E-state index in [9.17, 15) is 23.5 Å². The molecule has 0 unspecified atom stereocenters. The minimum atomic E-state index is -4.56. The molecule has 0 radical (unpaired) electrons. The summed E-state index contributed by atoms with van der Waals surface area (Å²) in [4.78, 5) is 18.8. The van der Waals surface area contributed by atoms with Crippen LogP contribution < -0.4 is 10.8 Å². The van der Waals surface area contributed by atoms with Crippen LogP contribution >= 0.6 is 0 Å². The van der Waals surface area contributed by atoms with Gasteiger partial charge in [-0.1, -0.05) is 0 Å². The lowest BCUT2D eigenvalue weighted by atomic mass is 10.3. The minimum Gasteiger partial charge on any atom is -0.543 e. The average Bonchev–Trinajstić information content (AvgIpc) is 1.65. The third-order valence-electron chi connectivity index (χ3n) is 0.566. The van der Waals surface area contributed by atoms with Crippen LogP contribution in [0, 0.1) is 0 Å². The van der Waals surface area contributed by atoms with Crippen molar-refractivity contribution in [2.75, 3.05) is 0 Å². The van der Waals surface area contributed by atoms with Gasteiger partial charge in [0.25, 0.3) is 5.91 Å². The number of carbonyl (C=O) groups excluding carboxylic acids is 2. The monoisotopic (exact) mass is 138 g/mol. The molecular formula is C3H2F2NO3-. The van der Waals surface area contributed by atoms with E-state index in [1.54, 1.807) is 0 Å². The molecule has 9 heavy (non-hydrogen) atoms. The number of hydrogen-bond acceptors (Lipinski definition) is 3. The molecule has 0 bridgehead atoms. The van der Waals surface area contributed by atoms with Crippen LogP contribution in [-0.4, -0.2) is 17.8 Å². The Balaban J connectivity index is 4.38. The van der Waals surface area contributed by atoms with E-state index in [0.717, 1.165) is 0 Å². The summed E-state index contributed by atoms with van der Waals surface area (Å²) in [6.45, 7) is 0. The standard InChI is InChI=1S/C3H3F2NO3/c4-3(5,1(6)7)2(8)9/h(H2,6,7)(H,8,9)/p-1. The SMILES string of the molecule is NC(=O)C(F)(F)C(=O)[O-]. The van der Waals surface area contributed by atoms with E-state index in [-0.39, 0.29) is 0 Å². The summed E-state index contributed by atoms with van der Waals surface area (Å²) < 4.78 is 23.1. The second kappa shape index (κ2) is 1.96. The zero-order valence-electron chi connectivity index (χ0n) is 4.06. The molecule has 0 saturated heterocycles. The van der Waals surface area contributed by atoms with Gasteiger partial charge in [0.2, 0.25) is 0 Å². The molecule has 4 nitrogen and oxygen atoms in total. The van der Waals surface area contributed by atoms with Gasteiger partial charge in [0.15, 0.2) is 0 Å². The smallest absolute Gasteiger partial charge is 0.363 e. The number of rotatable bonds is 2. The molecule has 0 spiro atoms. The molecular weight excluding hydrogens is 136 g/mol. The molecule has 0 rings (SSSR count). The van der Waals surface area contributed by atoms with E-state index < -0.39 is 17.8 Å². The normalized spacial score (nSPS) is 10.9. The van der Waals surface area contributed by atoms with Gasteiger partial charge in [-0.05, 0) is 0 Å². The maximum absolute atomic E-state index is 11.5. The van der Waals surface area contributed by atoms with Crippen LogP contribution in [0.5, 0.6) is 0 Å². The lowest BCUT2D eigenvalue weighted by molar-refractivity contribution is -0.325. The first kappa shape index (κ1) is 7.80. The van der Waals surface area contributed by atoms with Crippen molar-refractivity contribution in [2.24, 2.45) is 5.73 Å². The van der Waals surface area contributed by atoms with E-state index >= 15 is 0 Å². The first-order valence-electron chi connectivity index (χ1n) is 1.78. The molecule has 0 aliphatic carbocycles. The molecule has 2 N–H and O–H groups in total. The molecule has 0 fully saturated rings. The molecule has 52 valence electrons. The number of primary amides is 1. The number of halogens is 2. The van der Waals surface area contributed by atoms with E-state index in [1.165, 1.54) is 0 Å². The molecule has 0 aromatic carbocycles. The fourth-order valence-corrected chi connectivity index (χ4v) is 0.101. The van der Waals surface area contributed by atoms with Gasteiger partial charge in [-0.25, -0.2) is 0 Å². The topological polar surface area (TPSA) is 83.2 Å². The number of nitrogens with two attached hydrogens (primary N) is 1. The van der Waals surface area contributed by atoms with Gasteiger partial charge >= 0.3 is 5.92 Å². The first-order chi connectivity index (χ1) is 3.89. The molecule has 0 aromatic heterocycles. The molecule has 0 aliphatic rings. The summed E-state index contributed by atoms with van der Waals surface area (Å²) >= 11 is 0. The third-order valence-corrected chi connectivity index (χ3v) is 0.566. The van der Waals surface area contributed by atoms with Crippen LogP contribution in [0.15, 0.2) is 0 Å². The highest BCUT2D eigenvalue weighted by molar-refractivity contribution is 6.01. The fraction of sp³-hybridized carbons (Fsp3) is 0.333. The molecule has 0 atom stereocenters. The van der Waals surface area contributed by atoms with Gasteiger partial charge in [0.1, 0.15) is 5.97 Å². The van der Waals surface area contributed by atoms with Crippen LogP contribution in [-0.2, 0) is 9.59 Å². The van der Waals surface area contributed by atoms with E-state index in [4.69, 9.17) is 0 Å². The Morgan fingerprint density at radius 1 is 1.44 bits per heavy atom. The highest BCUT2D eigenvalue weighted by atomic mass is 19.3. The molecule has 0 aromatic rings. The summed E-state index contributed by atoms with van der Waals surface area (Å²) in [6.07, 6.45) is 0. The summed E-state index contributed by atoms with van der Waals surface area (Å²) in [5.41, 5.74) is 3.96. The number of alkyl halides is 2. The summed E-state index contributed by atoms with van der Waals surface area (Å²) in [5.74, 6) is -9.56. The zero-order chi connectivity index (χ0) is 7.65. The number of carboxylic acids is 1. The average molecular weight is 138 g/mol. The Morgan fingerprint density at radius 2 is 1.78 bits per heavy atom. The Bertz CT molecular complexity index is 139. The maximum atomic E-state index is 11.5. The first-order valence-corrected chi connectivity index (χ1v) is 1.78. The van der Waals surface area contributed by atoms with Crippen molar-refractivity contribution in [3.63, 3.8) is 0 Å². The van der Waals surface area contributed by atoms with Crippen LogP contribution in [0.3, 0.4) is 0 Å². The van der Waals surface area contributed by atoms with Crippen molar-refractivity contribution in [2.45, 2.75) is 5.92 Å². The predicted molar refractivity (Wildman–Crippen MR) is 19.1 cm³/mol. The molecule has 0 heterocycles.